The van der Waals surface area contributed by atoms with Crippen LogP contribution in [0.25, 0.3) is 0 Å². The number of ether oxygens (including phenoxy) is 2. The van der Waals surface area contributed by atoms with Crippen molar-refractivity contribution in [2.75, 3.05) is 19.0 Å². The van der Waals surface area contributed by atoms with E-state index in [1.54, 1.807) is 6.92 Å². The summed E-state index contributed by atoms with van der Waals surface area (Å²) in [5, 5.41) is 19.3. The molecule has 1 aliphatic rings. The molecule has 1 heterocycles. The van der Waals surface area contributed by atoms with Crippen molar-refractivity contribution in [3.63, 3.8) is 0 Å². The van der Waals surface area contributed by atoms with E-state index in [1.165, 1.54) is 11.8 Å². The maximum absolute atomic E-state index is 11.6. The smallest absolute Gasteiger partial charge is 0.194 e. The zero-order valence-electron chi connectivity index (χ0n) is 12.0. The molecule has 0 aromatic carbocycles. The predicted octanol–water partition coefficient (Wildman–Crippen LogP) is 0.818. The highest BCUT2D eigenvalue weighted by molar-refractivity contribution is 8.13. The van der Waals surface area contributed by atoms with E-state index in [1.807, 2.05) is 20.8 Å². The highest BCUT2D eigenvalue weighted by Crippen LogP contribution is 2.23. The molecule has 5 nitrogen and oxygen atoms in total. The molecular formula is C13H24O5S. The summed E-state index contributed by atoms with van der Waals surface area (Å²) >= 11 is 1.25. The normalized spacial score (nSPS) is 31.7. The molecule has 0 aliphatic carbocycles. The summed E-state index contributed by atoms with van der Waals surface area (Å²) in [7, 11) is 0. The third-order valence-corrected chi connectivity index (χ3v) is 4.20. The van der Waals surface area contributed by atoms with E-state index in [9.17, 15) is 15.0 Å². The predicted molar refractivity (Wildman–Crippen MR) is 74.1 cm³/mol. The monoisotopic (exact) mass is 292 g/mol. The fourth-order valence-corrected chi connectivity index (χ4v) is 2.50. The van der Waals surface area contributed by atoms with Gasteiger partial charge < -0.3 is 19.7 Å². The summed E-state index contributed by atoms with van der Waals surface area (Å²) < 4.78 is 10.7. The minimum absolute atomic E-state index is 0.136. The van der Waals surface area contributed by atoms with Crippen LogP contribution in [0.3, 0.4) is 0 Å². The van der Waals surface area contributed by atoms with Crippen LogP contribution in [0.15, 0.2) is 0 Å². The minimum atomic E-state index is -0.904. The van der Waals surface area contributed by atoms with Crippen LogP contribution < -0.4 is 0 Å². The van der Waals surface area contributed by atoms with Crippen LogP contribution in [-0.2, 0) is 14.3 Å². The van der Waals surface area contributed by atoms with Gasteiger partial charge in [-0.2, -0.15) is 0 Å². The Morgan fingerprint density at radius 1 is 1.32 bits per heavy atom. The molecule has 0 aromatic heterocycles. The van der Waals surface area contributed by atoms with Gasteiger partial charge in [0.2, 0.25) is 0 Å². The number of hydrogen-bond acceptors (Lipinski definition) is 6. The average Bonchev–Trinajstić information content (AvgIpc) is 2.55. The van der Waals surface area contributed by atoms with E-state index in [4.69, 9.17) is 9.47 Å². The number of hydrogen-bond donors (Lipinski definition) is 2. The Morgan fingerprint density at radius 2 is 1.95 bits per heavy atom. The molecule has 0 aromatic rings. The summed E-state index contributed by atoms with van der Waals surface area (Å²) in [6.07, 6.45) is -2.63. The fourth-order valence-electron chi connectivity index (χ4n) is 1.68. The first-order valence-electron chi connectivity index (χ1n) is 6.50. The van der Waals surface area contributed by atoms with Gasteiger partial charge >= 0.3 is 0 Å². The third kappa shape index (κ3) is 5.04. The Hall–Kier alpha value is -0.140. The summed E-state index contributed by atoms with van der Waals surface area (Å²) in [5.74, 6) is 0.580. The van der Waals surface area contributed by atoms with Gasteiger partial charge in [-0.1, -0.05) is 32.5 Å². The summed E-state index contributed by atoms with van der Waals surface area (Å²) in [6.45, 7) is 8.01. The number of thioether (sulfide) groups is 1. The van der Waals surface area contributed by atoms with Crippen LogP contribution >= 0.6 is 11.8 Å². The molecule has 6 heteroatoms. The van der Waals surface area contributed by atoms with Gasteiger partial charge in [0.05, 0.1) is 19.3 Å². The quantitative estimate of drug-likeness (QED) is 0.731. The molecule has 19 heavy (non-hydrogen) atoms. The van der Waals surface area contributed by atoms with Crippen LogP contribution in [0.2, 0.25) is 0 Å². The van der Waals surface area contributed by atoms with Gasteiger partial charge in [-0.25, -0.2) is 0 Å². The van der Waals surface area contributed by atoms with Crippen LogP contribution in [0.5, 0.6) is 0 Å². The lowest BCUT2D eigenvalue weighted by Crippen LogP contribution is -2.34. The van der Waals surface area contributed by atoms with Gasteiger partial charge in [-0.3, -0.25) is 4.79 Å². The number of aliphatic hydroxyl groups excluding tert-OH is 2. The molecule has 1 fully saturated rings. The first kappa shape index (κ1) is 16.9. The summed E-state index contributed by atoms with van der Waals surface area (Å²) in [6, 6.07) is 0. The van der Waals surface area contributed by atoms with E-state index in [0.29, 0.717) is 12.4 Å². The standard InChI is InChI=1S/C13H24O5S/c1-8-10(14)11(15)9(18-8)7-17-5-6-19-12(16)13(2,3)4/h8-11,14-15H,5-7H2,1-4H3/t8-,9+,10-,11+/m0/s1. The number of carbonyl (C=O) groups is 1. The lowest BCUT2D eigenvalue weighted by Gasteiger charge is -2.16. The van der Waals surface area contributed by atoms with Crippen molar-refractivity contribution in [2.24, 2.45) is 5.41 Å². The molecule has 0 unspecified atom stereocenters. The Bertz CT molecular complexity index is 302. The molecule has 0 spiro atoms. The van der Waals surface area contributed by atoms with Gasteiger partial charge in [0.15, 0.2) is 5.12 Å². The molecule has 2 N–H and O–H groups in total. The third-order valence-electron chi connectivity index (χ3n) is 2.96. The van der Waals surface area contributed by atoms with Gasteiger partial charge in [-0.05, 0) is 6.92 Å². The SMILES string of the molecule is C[C@@H]1O[C@H](COCCSC(=O)C(C)(C)C)[C@@H](O)[C@H]1O. The van der Waals surface area contributed by atoms with Crippen LogP contribution in [0.1, 0.15) is 27.7 Å². The van der Waals surface area contributed by atoms with Crippen LogP contribution in [0.4, 0.5) is 0 Å². The molecule has 0 radical (unpaired) electrons. The van der Waals surface area contributed by atoms with Gasteiger partial charge in [-0.15, -0.1) is 0 Å². The fraction of sp³-hybridized carbons (Fsp3) is 0.923. The van der Waals surface area contributed by atoms with Crippen molar-refractivity contribution in [2.45, 2.75) is 52.1 Å². The second-order valence-corrected chi connectivity index (χ2v) is 6.89. The zero-order chi connectivity index (χ0) is 14.6. The van der Waals surface area contributed by atoms with Crippen LogP contribution in [-0.4, -0.2) is 58.7 Å². The van der Waals surface area contributed by atoms with Gasteiger partial charge in [0, 0.05) is 11.2 Å². The number of carbonyl (C=O) groups excluding carboxylic acids is 1. The number of rotatable bonds is 5. The molecule has 0 amide bonds. The molecule has 1 rings (SSSR count). The lowest BCUT2D eigenvalue weighted by atomic mass is 10.00. The van der Waals surface area contributed by atoms with E-state index in [2.05, 4.69) is 0 Å². The van der Waals surface area contributed by atoms with Crippen molar-refractivity contribution in [3.05, 3.63) is 0 Å². The largest absolute Gasteiger partial charge is 0.388 e. The van der Waals surface area contributed by atoms with Crippen molar-refractivity contribution in [3.8, 4) is 0 Å². The molecule has 1 aliphatic heterocycles. The Balaban J connectivity index is 2.14. The first-order chi connectivity index (χ1) is 8.73. The lowest BCUT2D eigenvalue weighted by molar-refractivity contribution is -0.117. The minimum Gasteiger partial charge on any atom is -0.388 e. The molecule has 4 atom stereocenters. The zero-order valence-corrected chi connectivity index (χ0v) is 12.8. The Kier molecular flexibility index (Phi) is 6.26. The maximum atomic E-state index is 11.6. The van der Waals surface area contributed by atoms with E-state index < -0.39 is 18.3 Å². The second kappa shape index (κ2) is 7.04. The van der Waals surface area contributed by atoms with E-state index in [0.717, 1.165) is 0 Å². The highest BCUT2D eigenvalue weighted by atomic mass is 32.2. The van der Waals surface area contributed by atoms with Gasteiger partial charge in [0.1, 0.15) is 18.3 Å². The maximum Gasteiger partial charge on any atom is 0.194 e. The Labute approximate surface area is 118 Å². The number of aliphatic hydroxyl groups is 2. The molecule has 112 valence electrons. The van der Waals surface area contributed by atoms with Crippen molar-refractivity contribution in [1.82, 2.24) is 0 Å². The van der Waals surface area contributed by atoms with E-state index in [-0.39, 0.29) is 23.2 Å². The van der Waals surface area contributed by atoms with Crippen molar-refractivity contribution in [1.29, 1.82) is 0 Å². The molecule has 0 saturated carbocycles. The summed E-state index contributed by atoms with van der Waals surface area (Å²) in [5.41, 5.74) is -0.338. The first-order valence-corrected chi connectivity index (χ1v) is 7.48. The van der Waals surface area contributed by atoms with E-state index >= 15 is 0 Å². The second-order valence-electron chi connectivity index (χ2n) is 5.82. The molecule has 1 saturated heterocycles. The van der Waals surface area contributed by atoms with Crippen molar-refractivity contribution < 1.29 is 24.5 Å². The van der Waals surface area contributed by atoms with Gasteiger partial charge in [0.25, 0.3) is 0 Å². The molecular weight excluding hydrogens is 268 g/mol. The summed E-state index contributed by atoms with van der Waals surface area (Å²) in [4.78, 5) is 11.6. The van der Waals surface area contributed by atoms with Crippen LogP contribution in [0, 0.1) is 5.41 Å². The Morgan fingerprint density at radius 3 is 2.42 bits per heavy atom. The highest BCUT2D eigenvalue weighted by Gasteiger charge is 2.40. The topological polar surface area (TPSA) is 76.0 Å². The molecule has 0 bridgehead atoms. The average molecular weight is 292 g/mol. The van der Waals surface area contributed by atoms with Crippen molar-refractivity contribution >= 4 is 16.9 Å².